The number of hydrogen-bond donors (Lipinski definition) is 0. The van der Waals surface area contributed by atoms with Crippen molar-refractivity contribution in [2.75, 3.05) is 0 Å². The minimum Gasteiger partial charge on any atom is -0.441 e. The third kappa shape index (κ3) is 4.39. The van der Waals surface area contributed by atoms with E-state index in [-0.39, 0.29) is 29.0 Å². The summed E-state index contributed by atoms with van der Waals surface area (Å²) in [5.74, 6) is -0.219. The van der Waals surface area contributed by atoms with Crippen LogP contribution in [0.5, 0.6) is 0 Å². The lowest BCUT2D eigenvalue weighted by Crippen LogP contribution is -2.50. The minimum absolute atomic E-state index is 0.0399. The fourth-order valence-corrected chi connectivity index (χ4v) is 4.79. The zero-order chi connectivity index (χ0) is 20.7. The van der Waals surface area contributed by atoms with Crippen LogP contribution in [0.3, 0.4) is 0 Å². The van der Waals surface area contributed by atoms with Gasteiger partial charge in [0.1, 0.15) is 5.60 Å². The van der Waals surface area contributed by atoms with Gasteiger partial charge < -0.3 is 9.16 Å². The topological polar surface area (TPSA) is 55.8 Å². The Balaban J connectivity index is 3.15. The number of ether oxygens (including phenoxy) is 1. The quantitative estimate of drug-likeness (QED) is 0.488. The van der Waals surface area contributed by atoms with Crippen LogP contribution in [0.1, 0.15) is 62.3 Å². The lowest BCUT2D eigenvalue weighted by Gasteiger charge is -2.39. The highest BCUT2D eigenvalue weighted by atomic mass is 28.4. The van der Waals surface area contributed by atoms with Crippen molar-refractivity contribution in [2.45, 2.75) is 98.2 Å². The largest absolute Gasteiger partial charge is 0.441 e. The maximum atomic E-state index is 13.3. The van der Waals surface area contributed by atoms with Crippen LogP contribution in [0.15, 0.2) is 11.6 Å². The van der Waals surface area contributed by atoms with Crippen LogP contribution in [-0.2, 0) is 14.0 Å². The second-order valence-corrected chi connectivity index (χ2v) is 14.4. The van der Waals surface area contributed by atoms with Gasteiger partial charge in [0.15, 0.2) is 8.32 Å². The summed E-state index contributed by atoms with van der Waals surface area (Å²) >= 11 is 0. The minimum atomic E-state index is -2.04. The van der Waals surface area contributed by atoms with Gasteiger partial charge in [-0.1, -0.05) is 40.7 Å². The Bertz CT molecular complexity index is 587. The van der Waals surface area contributed by atoms with Crippen LogP contribution in [-0.4, -0.2) is 43.0 Å². The van der Waals surface area contributed by atoms with E-state index in [4.69, 9.17) is 9.16 Å². The van der Waals surface area contributed by atoms with Crippen molar-refractivity contribution in [3.63, 3.8) is 0 Å². The molecule has 0 aromatic heterocycles. The molecule has 1 fully saturated rings. The summed E-state index contributed by atoms with van der Waals surface area (Å²) in [5.41, 5.74) is -0.196. The monoisotopic (exact) mass is 383 g/mol. The molecule has 2 atom stereocenters. The molecule has 26 heavy (non-hydrogen) atoms. The summed E-state index contributed by atoms with van der Waals surface area (Å²) in [6, 6.07) is -0.308. The summed E-state index contributed by atoms with van der Waals surface area (Å²) in [7, 11) is -2.04. The first-order valence-corrected chi connectivity index (χ1v) is 12.4. The number of amides is 2. The highest BCUT2D eigenvalue weighted by molar-refractivity contribution is 6.74. The number of carbonyl (C=O) groups is 2. The first-order valence-electron chi connectivity index (χ1n) is 9.47. The van der Waals surface area contributed by atoms with E-state index < -0.39 is 20.0 Å². The second kappa shape index (κ2) is 7.47. The predicted octanol–water partition coefficient (Wildman–Crippen LogP) is 5.13. The number of hydrogen-bond acceptors (Lipinski definition) is 4. The van der Waals surface area contributed by atoms with Crippen molar-refractivity contribution in [1.29, 1.82) is 0 Å². The van der Waals surface area contributed by atoms with Crippen molar-refractivity contribution in [2.24, 2.45) is 5.92 Å². The van der Waals surface area contributed by atoms with Gasteiger partial charge in [0.25, 0.3) is 5.91 Å². The molecule has 0 radical (unpaired) electrons. The first-order chi connectivity index (χ1) is 11.6. The van der Waals surface area contributed by atoms with E-state index in [1.807, 2.05) is 41.5 Å². The summed E-state index contributed by atoms with van der Waals surface area (Å²) in [6.07, 6.45) is 0.811. The number of allylic oxidation sites excluding steroid dienone is 1. The van der Waals surface area contributed by atoms with E-state index in [1.54, 1.807) is 6.08 Å². The van der Waals surface area contributed by atoms with Gasteiger partial charge in [-0.05, 0) is 51.7 Å². The van der Waals surface area contributed by atoms with Gasteiger partial charge in [-0.25, -0.2) is 9.69 Å². The molecule has 1 saturated heterocycles. The van der Waals surface area contributed by atoms with Crippen LogP contribution in [0.2, 0.25) is 18.1 Å². The third-order valence-electron chi connectivity index (χ3n) is 5.66. The van der Waals surface area contributed by atoms with E-state index in [0.29, 0.717) is 5.57 Å². The van der Waals surface area contributed by atoms with Crippen LogP contribution in [0, 0.1) is 5.92 Å². The molecule has 0 N–H and O–H groups in total. The molecule has 0 saturated carbocycles. The van der Waals surface area contributed by atoms with Crippen LogP contribution in [0.4, 0.5) is 4.79 Å². The molecule has 6 heteroatoms. The average molecular weight is 384 g/mol. The summed E-state index contributed by atoms with van der Waals surface area (Å²) in [5, 5.41) is 0.0399. The van der Waals surface area contributed by atoms with Gasteiger partial charge in [0.05, 0.1) is 12.1 Å². The van der Waals surface area contributed by atoms with E-state index in [9.17, 15) is 9.59 Å². The standard InChI is InChI=1S/C20H37NO4Si/c1-12-15(14(4)25-26(10,11)19(5,6)7)17(22)21-16(13(2)3)20(8,9)24-18(21)23/h12-14,16H,1-11H3/b15-12+. The van der Waals surface area contributed by atoms with Gasteiger partial charge >= 0.3 is 6.09 Å². The van der Waals surface area contributed by atoms with Crippen molar-refractivity contribution < 1.29 is 18.8 Å². The van der Waals surface area contributed by atoms with Crippen LogP contribution < -0.4 is 0 Å². The molecule has 0 aliphatic carbocycles. The van der Waals surface area contributed by atoms with Gasteiger partial charge in [-0.2, -0.15) is 0 Å². The van der Waals surface area contributed by atoms with E-state index in [0.717, 1.165) is 0 Å². The molecule has 0 spiro atoms. The number of nitrogens with zero attached hydrogens (tertiary/aromatic N) is 1. The molecule has 2 unspecified atom stereocenters. The fraction of sp³-hybridized carbons (Fsp3) is 0.800. The molecule has 0 aromatic carbocycles. The molecule has 0 bridgehead atoms. The Morgan fingerprint density at radius 1 is 1.27 bits per heavy atom. The Kier molecular flexibility index (Phi) is 6.58. The number of carbonyl (C=O) groups excluding carboxylic acids is 2. The van der Waals surface area contributed by atoms with E-state index in [2.05, 4.69) is 33.9 Å². The molecule has 5 nitrogen and oxygen atoms in total. The summed E-state index contributed by atoms with van der Waals surface area (Å²) < 4.78 is 11.9. The lowest BCUT2D eigenvalue weighted by molar-refractivity contribution is -0.127. The van der Waals surface area contributed by atoms with Crippen LogP contribution >= 0.6 is 0 Å². The third-order valence-corrected chi connectivity index (χ3v) is 10.2. The highest BCUT2D eigenvalue weighted by Crippen LogP contribution is 2.39. The zero-order valence-electron chi connectivity index (χ0n) is 18.4. The van der Waals surface area contributed by atoms with Crippen molar-refractivity contribution in [3.8, 4) is 0 Å². The Labute approximate surface area is 160 Å². The smallest absolute Gasteiger partial charge is 0.417 e. The summed E-state index contributed by atoms with van der Waals surface area (Å²) in [4.78, 5) is 27.0. The van der Waals surface area contributed by atoms with E-state index >= 15 is 0 Å². The first kappa shape index (κ1) is 22.9. The van der Waals surface area contributed by atoms with Crippen LogP contribution in [0.25, 0.3) is 0 Å². The molecule has 150 valence electrons. The van der Waals surface area contributed by atoms with E-state index in [1.165, 1.54) is 4.90 Å². The number of cyclic esters (lactones) is 1. The predicted molar refractivity (Wildman–Crippen MR) is 108 cm³/mol. The molecule has 1 rings (SSSR count). The molecule has 0 aromatic rings. The molecular formula is C20H37NO4Si. The molecule has 2 amide bonds. The lowest BCUT2D eigenvalue weighted by atomic mass is 9.88. The fourth-order valence-electron chi connectivity index (χ4n) is 3.42. The summed E-state index contributed by atoms with van der Waals surface area (Å²) in [6.45, 7) is 22.2. The molecule has 1 heterocycles. The molecule has 1 aliphatic rings. The van der Waals surface area contributed by atoms with Crippen molar-refractivity contribution in [1.82, 2.24) is 4.90 Å². The maximum Gasteiger partial charge on any atom is 0.417 e. The zero-order valence-corrected chi connectivity index (χ0v) is 19.4. The SMILES string of the molecule is C/C=C(/C(=O)N1C(=O)OC(C)(C)C1C(C)C)C(C)O[Si](C)(C)C(C)(C)C. The average Bonchev–Trinajstić information content (AvgIpc) is 2.66. The van der Waals surface area contributed by atoms with Gasteiger partial charge in [0, 0.05) is 5.57 Å². The number of imide groups is 1. The Morgan fingerprint density at radius 2 is 1.77 bits per heavy atom. The van der Waals surface area contributed by atoms with Gasteiger partial charge in [-0.15, -0.1) is 0 Å². The highest BCUT2D eigenvalue weighted by Gasteiger charge is 2.52. The van der Waals surface area contributed by atoms with Gasteiger partial charge in [-0.3, -0.25) is 4.79 Å². The molecule has 1 aliphatic heterocycles. The Hall–Kier alpha value is -1.14. The second-order valence-electron chi connectivity index (χ2n) is 9.60. The number of rotatable bonds is 5. The Morgan fingerprint density at radius 3 is 2.15 bits per heavy atom. The van der Waals surface area contributed by atoms with Crippen molar-refractivity contribution >= 4 is 20.3 Å². The maximum absolute atomic E-state index is 13.3. The molecular weight excluding hydrogens is 346 g/mol. The normalized spacial score (nSPS) is 22.6. The van der Waals surface area contributed by atoms with Crippen molar-refractivity contribution in [3.05, 3.63) is 11.6 Å². The van der Waals surface area contributed by atoms with Gasteiger partial charge in [0.2, 0.25) is 0 Å².